The molecule has 0 bridgehead atoms. The van der Waals surface area contributed by atoms with Gasteiger partial charge < -0.3 is 14.6 Å². The van der Waals surface area contributed by atoms with Crippen LogP contribution in [0.1, 0.15) is 52.0 Å². The van der Waals surface area contributed by atoms with Crippen LogP contribution in [0, 0.1) is 19.7 Å². The SMILES string of the molecule is Cc1cc(C(=O)COC(=O)CNC(=O)c2ccccc2F)c(C)n1C(C)C. The summed E-state index contributed by atoms with van der Waals surface area (Å²) in [6.45, 7) is 6.92. The van der Waals surface area contributed by atoms with Gasteiger partial charge in [0.15, 0.2) is 6.61 Å². The zero-order chi connectivity index (χ0) is 20.1. The average molecular weight is 374 g/mol. The molecule has 0 unspecified atom stereocenters. The van der Waals surface area contributed by atoms with E-state index in [9.17, 15) is 18.8 Å². The van der Waals surface area contributed by atoms with Crippen molar-refractivity contribution < 1.29 is 23.5 Å². The number of halogens is 1. The number of amides is 1. The first-order chi connectivity index (χ1) is 12.7. The summed E-state index contributed by atoms with van der Waals surface area (Å²) in [6.07, 6.45) is 0. The van der Waals surface area contributed by atoms with Gasteiger partial charge >= 0.3 is 5.97 Å². The third kappa shape index (κ3) is 4.81. The van der Waals surface area contributed by atoms with Crippen LogP contribution in [0.5, 0.6) is 0 Å². The van der Waals surface area contributed by atoms with Crippen LogP contribution in [-0.2, 0) is 9.53 Å². The number of aromatic nitrogens is 1. The van der Waals surface area contributed by atoms with Gasteiger partial charge in [-0.1, -0.05) is 12.1 Å². The average Bonchev–Trinajstić information content (AvgIpc) is 2.92. The molecule has 1 aromatic heterocycles. The van der Waals surface area contributed by atoms with Crippen molar-refractivity contribution in [2.75, 3.05) is 13.2 Å². The Morgan fingerprint density at radius 1 is 1.15 bits per heavy atom. The first-order valence-corrected chi connectivity index (χ1v) is 8.62. The van der Waals surface area contributed by atoms with Gasteiger partial charge in [-0.15, -0.1) is 0 Å². The highest BCUT2D eigenvalue weighted by molar-refractivity contribution is 6.00. The minimum absolute atomic E-state index is 0.164. The number of esters is 1. The molecule has 0 aliphatic rings. The minimum atomic E-state index is -0.772. The van der Waals surface area contributed by atoms with Gasteiger partial charge in [-0.25, -0.2) is 4.39 Å². The quantitative estimate of drug-likeness (QED) is 0.597. The van der Waals surface area contributed by atoms with Crippen LogP contribution in [0.4, 0.5) is 4.39 Å². The molecule has 144 valence electrons. The number of hydrogen-bond donors (Lipinski definition) is 1. The molecule has 7 heteroatoms. The highest BCUT2D eigenvalue weighted by Crippen LogP contribution is 2.20. The van der Waals surface area contributed by atoms with Crippen LogP contribution in [0.3, 0.4) is 0 Å². The summed E-state index contributed by atoms with van der Waals surface area (Å²) >= 11 is 0. The van der Waals surface area contributed by atoms with Crippen molar-refractivity contribution in [3.8, 4) is 0 Å². The predicted octanol–water partition coefficient (Wildman–Crippen LogP) is 2.98. The molecule has 0 saturated carbocycles. The smallest absolute Gasteiger partial charge is 0.325 e. The van der Waals surface area contributed by atoms with Gasteiger partial charge in [0.1, 0.15) is 12.4 Å². The lowest BCUT2D eigenvalue weighted by atomic mass is 10.1. The third-order valence-electron chi connectivity index (χ3n) is 4.18. The van der Waals surface area contributed by atoms with Gasteiger partial charge in [-0.2, -0.15) is 0 Å². The molecule has 1 aromatic carbocycles. The second kappa shape index (κ2) is 8.62. The topological polar surface area (TPSA) is 77.4 Å². The Balaban J connectivity index is 1.89. The van der Waals surface area contributed by atoms with Gasteiger partial charge in [0.2, 0.25) is 5.78 Å². The molecule has 6 nitrogen and oxygen atoms in total. The van der Waals surface area contributed by atoms with Gasteiger partial charge in [-0.05, 0) is 45.9 Å². The Hall–Kier alpha value is -2.96. The largest absolute Gasteiger partial charge is 0.456 e. The maximum atomic E-state index is 13.5. The highest BCUT2D eigenvalue weighted by Gasteiger charge is 2.19. The summed E-state index contributed by atoms with van der Waals surface area (Å²) in [4.78, 5) is 36.0. The van der Waals surface area contributed by atoms with Crippen molar-refractivity contribution in [1.29, 1.82) is 0 Å². The Morgan fingerprint density at radius 3 is 2.41 bits per heavy atom. The highest BCUT2D eigenvalue weighted by atomic mass is 19.1. The van der Waals surface area contributed by atoms with E-state index in [4.69, 9.17) is 4.74 Å². The lowest BCUT2D eigenvalue weighted by Gasteiger charge is -2.13. The predicted molar refractivity (Wildman–Crippen MR) is 98.3 cm³/mol. The molecule has 2 rings (SSSR count). The first-order valence-electron chi connectivity index (χ1n) is 8.62. The molecule has 0 aliphatic heterocycles. The molecule has 27 heavy (non-hydrogen) atoms. The summed E-state index contributed by atoms with van der Waals surface area (Å²) < 4.78 is 20.5. The standard InChI is InChI=1S/C20H23FN2O4/c1-12(2)23-13(3)9-16(14(23)4)18(24)11-27-19(25)10-22-20(26)15-7-5-6-8-17(15)21/h5-9,12H,10-11H2,1-4H3,(H,22,26). The number of Topliss-reactive ketones (excluding diaryl/α,β-unsaturated/α-hetero) is 1. The van der Waals surface area contributed by atoms with Crippen LogP contribution in [0.2, 0.25) is 0 Å². The Kier molecular flexibility index (Phi) is 6.50. The maximum absolute atomic E-state index is 13.5. The summed E-state index contributed by atoms with van der Waals surface area (Å²) in [5.41, 5.74) is 2.11. The summed E-state index contributed by atoms with van der Waals surface area (Å²) in [5.74, 6) is -2.50. The maximum Gasteiger partial charge on any atom is 0.325 e. The van der Waals surface area contributed by atoms with E-state index in [0.717, 1.165) is 17.5 Å². The van der Waals surface area contributed by atoms with Gasteiger partial charge in [-0.3, -0.25) is 14.4 Å². The van der Waals surface area contributed by atoms with Gasteiger partial charge in [0, 0.05) is 23.0 Å². The number of rotatable bonds is 7. The molecule has 1 N–H and O–H groups in total. The van der Waals surface area contributed by atoms with E-state index in [2.05, 4.69) is 5.32 Å². The number of carbonyl (C=O) groups excluding carboxylic acids is 3. The number of aryl methyl sites for hydroxylation is 1. The van der Waals surface area contributed by atoms with Crippen molar-refractivity contribution in [1.82, 2.24) is 9.88 Å². The van der Waals surface area contributed by atoms with Crippen LogP contribution in [0.25, 0.3) is 0 Å². The van der Waals surface area contributed by atoms with E-state index in [1.165, 1.54) is 18.2 Å². The van der Waals surface area contributed by atoms with Crippen molar-refractivity contribution in [2.24, 2.45) is 0 Å². The molecule has 1 amide bonds. The van der Waals surface area contributed by atoms with Crippen LogP contribution in [0.15, 0.2) is 30.3 Å². The fourth-order valence-electron chi connectivity index (χ4n) is 3.02. The Labute approximate surface area is 157 Å². The van der Waals surface area contributed by atoms with E-state index >= 15 is 0 Å². The van der Waals surface area contributed by atoms with Crippen LogP contribution < -0.4 is 5.32 Å². The van der Waals surface area contributed by atoms with Crippen molar-refractivity contribution >= 4 is 17.7 Å². The molecule has 0 radical (unpaired) electrons. The second-order valence-corrected chi connectivity index (χ2v) is 6.49. The number of ether oxygens (including phenoxy) is 1. The molecular weight excluding hydrogens is 351 g/mol. The number of benzene rings is 1. The van der Waals surface area contributed by atoms with Gasteiger partial charge in [0.25, 0.3) is 5.91 Å². The van der Waals surface area contributed by atoms with E-state index in [1.54, 1.807) is 6.07 Å². The molecule has 2 aromatic rings. The number of carbonyl (C=O) groups is 3. The summed E-state index contributed by atoms with van der Waals surface area (Å²) in [6, 6.07) is 7.42. The van der Waals surface area contributed by atoms with Crippen LogP contribution in [-0.4, -0.2) is 35.4 Å². The van der Waals surface area contributed by atoms with E-state index in [0.29, 0.717) is 5.56 Å². The normalized spacial score (nSPS) is 10.7. The number of ketones is 1. The van der Waals surface area contributed by atoms with Crippen molar-refractivity contribution in [2.45, 2.75) is 33.7 Å². The molecule has 1 heterocycles. The first kappa shape index (κ1) is 20.4. The lowest BCUT2D eigenvalue weighted by molar-refractivity contribution is -0.141. The molecule has 0 saturated heterocycles. The molecule has 0 fully saturated rings. The van der Waals surface area contributed by atoms with E-state index in [-0.39, 0.29) is 17.4 Å². The zero-order valence-electron chi connectivity index (χ0n) is 15.8. The third-order valence-corrected chi connectivity index (χ3v) is 4.18. The van der Waals surface area contributed by atoms with Crippen LogP contribution >= 0.6 is 0 Å². The minimum Gasteiger partial charge on any atom is -0.456 e. The van der Waals surface area contributed by atoms with Gasteiger partial charge in [0.05, 0.1) is 5.56 Å². The zero-order valence-corrected chi connectivity index (χ0v) is 15.8. The second-order valence-electron chi connectivity index (χ2n) is 6.49. The fourth-order valence-corrected chi connectivity index (χ4v) is 3.02. The number of nitrogens with zero attached hydrogens (tertiary/aromatic N) is 1. The molecule has 0 spiro atoms. The van der Waals surface area contributed by atoms with E-state index in [1.807, 2.05) is 32.3 Å². The number of nitrogens with one attached hydrogen (secondary N) is 1. The van der Waals surface area contributed by atoms with Crippen molar-refractivity contribution in [3.63, 3.8) is 0 Å². The number of hydrogen-bond acceptors (Lipinski definition) is 4. The summed E-state index contributed by atoms with van der Waals surface area (Å²) in [7, 11) is 0. The van der Waals surface area contributed by atoms with E-state index < -0.39 is 30.8 Å². The molecule has 0 aliphatic carbocycles. The lowest BCUT2D eigenvalue weighted by Crippen LogP contribution is -2.32. The Morgan fingerprint density at radius 2 is 1.81 bits per heavy atom. The van der Waals surface area contributed by atoms with Crippen molar-refractivity contribution in [3.05, 3.63) is 58.7 Å². The molecular formula is C20H23FN2O4. The fraction of sp³-hybridized carbons (Fsp3) is 0.350. The monoisotopic (exact) mass is 374 g/mol. The Bertz CT molecular complexity index is 871. The summed E-state index contributed by atoms with van der Waals surface area (Å²) in [5, 5.41) is 2.27. The molecule has 0 atom stereocenters.